The third kappa shape index (κ3) is 6.59. The van der Waals surface area contributed by atoms with Gasteiger partial charge < -0.3 is 35.6 Å². The summed E-state index contributed by atoms with van der Waals surface area (Å²) in [5, 5.41) is 6.64. The molecule has 3 aliphatic heterocycles. The maximum absolute atomic E-state index is 12.4. The fourth-order valence-corrected chi connectivity index (χ4v) is 5.31. The maximum Gasteiger partial charge on any atom is 0.271 e. The van der Waals surface area contributed by atoms with Crippen molar-refractivity contribution in [2.75, 3.05) is 82.2 Å². The highest BCUT2D eigenvalue weighted by molar-refractivity contribution is 5.96. The van der Waals surface area contributed by atoms with E-state index in [1.54, 1.807) is 23.1 Å². The van der Waals surface area contributed by atoms with E-state index in [1.165, 1.54) is 7.11 Å². The number of nitrogens with two attached hydrogens (primary N) is 1. The molecule has 218 valence electrons. The minimum atomic E-state index is -1.81. The first kappa shape index (κ1) is 23.5. The summed E-state index contributed by atoms with van der Waals surface area (Å²) in [5.41, 5.74) is 7.50. The molecule has 11 heteroatoms. The number of anilines is 4. The number of carbonyl (C=O) groups is 1. The topological polar surface area (TPSA) is 121 Å². The van der Waals surface area contributed by atoms with E-state index in [4.69, 9.17) is 25.7 Å². The smallest absolute Gasteiger partial charge is 0.271 e. The molecule has 3 fully saturated rings. The maximum atomic E-state index is 12.4. The van der Waals surface area contributed by atoms with Crippen molar-refractivity contribution in [3.05, 3.63) is 29.6 Å². The number of hydrogen-bond donors (Lipinski definition) is 3. The van der Waals surface area contributed by atoms with E-state index in [2.05, 4.69) is 20.5 Å². The van der Waals surface area contributed by atoms with Gasteiger partial charge >= 0.3 is 0 Å². The van der Waals surface area contributed by atoms with Crippen molar-refractivity contribution in [1.82, 2.24) is 19.8 Å². The van der Waals surface area contributed by atoms with Crippen molar-refractivity contribution in [2.45, 2.75) is 51.0 Å². The standard InChI is InChI=1S/C29H44N8O3/c1-4-23-28(31-20-9-17-40-18-10-20)34-29(26(33-23)27(30)38)32-21-5-6-24(25(19-21)39-3)37-11-7-22(8-12-37)36-15-13-35(2)14-16-36/h5-6,19-20,22H,4,7-18H2,1-3H3,(H2,30,38)(H2,31,32,34)/i7D2,8D2. The molecule has 1 aromatic carbocycles. The van der Waals surface area contributed by atoms with Crippen LogP contribution in [0.4, 0.5) is 23.0 Å². The van der Waals surface area contributed by atoms with Gasteiger partial charge in [-0.2, -0.15) is 0 Å². The lowest BCUT2D eigenvalue weighted by Crippen LogP contribution is -2.52. The van der Waals surface area contributed by atoms with Crippen LogP contribution in [0.3, 0.4) is 0 Å². The summed E-state index contributed by atoms with van der Waals surface area (Å²) in [6.07, 6.45) is -1.37. The minimum Gasteiger partial charge on any atom is -0.495 e. The largest absolute Gasteiger partial charge is 0.495 e. The number of hydrogen-bond acceptors (Lipinski definition) is 10. The van der Waals surface area contributed by atoms with Gasteiger partial charge in [0.2, 0.25) is 0 Å². The molecule has 0 spiro atoms. The van der Waals surface area contributed by atoms with Crippen LogP contribution >= 0.6 is 0 Å². The first-order chi connectivity index (χ1) is 20.9. The van der Waals surface area contributed by atoms with Gasteiger partial charge in [-0.3, -0.25) is 9.69 Å². The number of aryl methyl sites for hydroxylation is 1. The Kier molecular flexibility index (Phi) is 7.66. The number of methoxy groups -OCH3 is 1. The molecular formula is C29H44N8O3. The molecule has 3 aliphatic rings. The molecule has 11 nitrogen and oxygen atoms in total. The SMILES string of the molecule is [2H]C1([2H])CN(c2ccc(Nc3nc(NC4CCOCC4)c(CC)nc3C(N)=O)cc2OC)CC([2H])([2H])C1N1CCN(C)CC1. The lowest BCUT2D eigenvalue weighted by atomic mass is 10.0. The zero-order valence-corrected chi connectivity index (χ0v) is 23.7. The van der Waals surface area contributed by atoms with Crippen molar-refractivity contribution in [3.63, 3.8) is 0 Å². The van der Waals surface area contributed by atoms with Crippen LogP contribution in [0.25, 0.3) is 0 Å². The van der Waals surface area contributed by atoms with Crippen LogP contribution in [0, 0.1) is 0 Å². The second-order valence-corrected chi connectivity index (χ2v) is 10.5. The van der Waals surface area contributed by atoms with Gasteiger partial charge in [0, 0.05) is 81.8 Å². The molecule has 3 saturated heterocycles. The van der Waals surface area contributed by atoms with Crippen molar-refractivity contribution in [2.24, 2.45) is 5.73 Å². The highest BCUT2D eigenvalue weighted by Gasteiger charge is 2.28. The summed E-state index contributed by atoms with van der Waals surface area (Å²) in [7, 11) is 3.54. The zero-order valence-electron chi connectivity index (χ0n) is 27.7. The molecule has 0 aliphatic carbocycles. The summed E-state index contributed by atoms with van der Waals surface area (Å²) in [6, 6.07) is 4.58. The normalized spacial score (nSPS) is 23.9. The summed E-state index contributed by atoms with van der Waals surface area (Å²) in [6.45, 7) is 6.14. The Bertz CT molecular complexity index is 1320. The number of primary amides is 1. The quantitative estimate of drug-likeness (QED) is 0.425. The molecule has 4 heterocycles. The van der Waals surface area contributed by atoms with Crippen LogP contribution in [0.15, 0.2) is 18.2 Å². The first-order valence-corrected chi connectivity index (χ1v) is 14.1. The molecular weight excluding hydrogens is 508 g/mol. The molecule has 5 rings (SSSR count). The van der Waals surface area contributed by atoms with Crippen LogP contribution < -0.4 is 26.0 Å². The number of likely N-dealkylation sites (N-methyl/N-ethyl adjacent to an activating group) is 1. The molecule has 2 aromatic rings. The van der Waals surface area contributed by atoms with Gasteiger partial charge in [-0.1, -0.05) is 6.92 Å². The van der Waals surface area contributed by atoms with E-state index in [-0.39, 0.29) is 30.6 Å². The van der Waals surface area contributed by atoms with E-state index >= 15 is 0 Å². The van der Waals surface area contributed by atoms with E-state index in [0.717, 1.165) is 25.9 Å². The number of nitrogens with zero attached hydrogens (tertiary/aromatic N) is 5. The molecule has 0 bridgehead atoms. The Morgan fingerprint density at radius 3 is 2.50 bits per heavy atom. The van der Waals surface area contributed by atoms with E-state index in [1.807, 2.05) is 18.9 Å². The number of carbonyl (C=O) groups excluding carboxylic acids is 1. The lowest BCUT2D eigenvalue weighted by Gasteiger charge is -2.42. The Hall–Kier alpha value is -3.15. The second-order valence-electron chi connectivity index (χ2n) is 10.5. The number of aromatic nitrogens is 2. The molecule has 0 saturated carbocycles. The third-order valence-electron chi connectivity index (χ3n) is 7.74. The lowest BCUT2D eigenvalue weighted by molar-refractivity contribution is 0.0903. The molecule has 1 amide bonds. The van der Waals surface area contributed by atoms with E-state index in [9.17, 15) is 4.79 Å². The van der Waals surface area contributed by atoms with Crippen LogP contribution in [-0.2, 0) is 11.2 Å². The third-order valence-corrected chi connectivity index (χ3v) is 7.74. The Morgan fingerprint density at radius 2 is 1.85 bits per heavy atom. The fourth-order valence-electron chi connectivity index (χ4n) is 5.31. The molecule has 1 aromatic heterocycles. The average Bonchev–Trinajstić information content (AvgIpc) is 2.97. The van der Waals surface area contributed by atoms with Gasteiger partial charge in [-0.15, -0.1) is 0 Å². The van der Waals surface area contributed by atoms with E-state index < -0.39 is 24.7 Å². The summed E-state index contributed by atoms with van der Waals surface area (Å²) < 4.78 is 46.9. The number of ether oxygens (including phenoxy) is 2. The fraction of sp³-hybridized carbons (Fsp3) is 0.621. The van der Waals surface area contributed by atoms with Crippen LogP contribution in [0.1, 0.15) is 54.2 Å². The number of nitrogens with one attached hydrogen (secondary N) is 2. The summed E-state index contributed by atoms with van der Waals surface area (Å²) >= 11 is 0. The van der Waals surface area contributed by atoms with Crippen molar-refractivity contribution >= 4 is 28.9 Å². The van der Waals surface area contributed by atoms with Gasteiger partial charge in [-0.05, 0) is 51.2 Å². The van der Waals surface area contributed by atoms with E-state index in [0.29, 0.717) is 61.4 Å². The average molecular weight is 557 g/mol. The molecule has 0 atom stereocenters. The van der Waals surface area contributed by atoms with Crippen LogP contribution in [-0.4, -0.2) is 104 Å². The molecule has 0 unspecified atom stereocenters. The number of amides is 1. The monoisotopic (exact) mass is 556 g/mol. The predicted octanol–water partition coefficient (Wildman–Crippen LogP) is 2.70. The zero-order chi connectivity index (χ0) is 31.6. The molecule has 0 radical (unpaired) electrons. The van der Waals surface area contributed by atoms with Crippen LogP contribution in [0.5, 0.6) is 5.75 Å². The molecule has 4 N–H and O–H groups in total. The summed E-state index contributed by atoms with van der Waals surface area (Å²) in [4.78, 5) is 27.5. The Balaban J connectivity index is 1.40. The number of piperazine rings is 1. The highest BCUT2D eigenvalue weighted by Crippen LogP contribution is 2.35. The van der Waals surface area contributed by atoms with Gasteiger partial charge in [0.15, 0.2) is 17.3 Å². The van der Waals surface area contributed by atoms with Crippen molar-refractivity contribution in [3.8, 4) is 5.75 Å². The second kappa shape index (κ2) is 13.0. The van der Waals surface area contributed by atoms with Gasteiger partial charge in [-0.25, -0.2) is 9.97 Å². The number of rotatable bonds is 9. The minimum absolute atomic E-state index is 0.0175. The first-order valence-electron chi connectivity index (χ1n) is 16.1. The van der Waals surface area contributed by atoms with Gasteiger partial charge in [0.25, 0.3) is 5.91 Å². The van der Waals surface area contributed by atoms with Gasteiger partial charge in [0.1, 0.15) is 5.75 Å². The Morgan fingerprint density at radius 1 is 1.12 bits per heavy atom. The summed E-state index contributed by atoms with van der Waals surface area (Å²) in [5.74, 6) is 0.519. The Labute approximate surface area is 243 Å². The highest BCUT2D eigenvalue weighted by atomic mass is 16.5. The van der Waals surface area contributed by atoms with Crippen LogP contribution in [0.2, 0.25) is 0 Å². The number of benzene rings is 1. The predicted molar refractivity (Wildman–Crippen MR) is 158 cm³/mol. The van der Waals surface area contributed by atoms with Gasteiger partial charge in [0.05, 0.1) is 18.5 Å². The number of piperidine rings is 1. The van der Waals surface area contributed by atoms with Crippen molar-refractivity contribution < 1.29 is 19.8 Å². The molecule has 40 heavy (non-hydrogen) atoms. The van der Waals surface area contributed by atoms with Crippen molar-refractivity contribution in [1.29, 1.82) is 0 Å².